The van der Waals surface area contributed by atoms with Gasteiger partial charge in [0, 0.05) is 24.9 Å². The Hall–Kier alpha value is -2.22. The van der Waals surface area contributed by atoms with Crippen LogP contribution in [-0.4, -0.2) is 20.6 Å². The molecule has 7 nitrogen and oxygen atoms in total. The lowest BCUT2D eigenvalue weighted by Gasteiger charge is -2.05. The molecule has 1 amide bonds. The van der Waals surface area contributed by atoms with Crippen LogP contribution in [0.3, 0.4) is 0 Å². The minimum atomic E-state index is -0.539. The number of nitro benzene ring substituents is 1. The Labute approximate surface area is 129 Å². The number of hydrogen-bond donors (Lipinski definition) is 1. The van der Waals surface area contributed by atoms with Gasteiger partial charge in [0.1, 0.15) is 0 Å². The van der Waals surface area contributed by atoms with Gasteiger partial charge in [0.2, 0.25) is 0 Å². The van der Waals surface area contributed by atoms with Crippen molar-refractivity contribution in [2.45, 2.75) is 13.3 Å². The summed E-state index contributed by atoms with van der Waals surface area (Å²) in [7, 11) is 1.76. The molecule has 110 valence electrons. The zero-order valence-corrected chi connectivity index (χ0v) is 13.0. The molecule has 0 atom stereocenters. The molecule has 0 bridgehead atoms. The zero-order chi connectivity index (χ0) is 15.6. The van der Waals surface area contributed by atoms with Gasteiger partial charge in [-0.1, -0.05) is 6.92 Å². The summed E-state index contributed by atoms with van der Waals surface area (Å²) < 4.78 is 1.94. The van der Waals surface area contributed by atoms with Gasteiger partial charge in [-0.15, -0.1) is 0 Å². The van der Waals surface area contributed by atoms with Gasteiger partial charge in [0.25, 0.3) is 11.6 Å². The molecule has 2 rings (SSSR count). The SMILES string of the molecule is CCc1nn(C)cc1NC(=O)c1ccc(Br)c([N+](=O)[O-])c1. The Bertz CT molecular complexity index is 711. The second kappa shape index (κ2) is 6.04. The fourth-order valence-electron chi connectivity index (χ4n) is 1.89. The minimum Gasteiger partial charge on any atom is -0.319 e. The number of aryl methyl sites for hydroxylation is 2. The van der Waals surface area contributed by atoms with Crippen molar-refractivity contribution in [1.29, 1.82) is 0 Å². The predicted molar refractivity (Wildman–Crippen MR) is 81.3 cm³/mol. The number of nitrogens with zero attached hydrogens (tertiary/aromatic N) is 3. The maximum Gasteiger partial charge on any atom is 0.284 e. The summed E-state index contributed by atoms with van der Waals surface area (Å²) in [6.07, 6.45) is 2.38. The molecular formula is C13H13BrN4O3. The zero-order valence-electron chi connectivity index (χ0n) is 11.5. The number of benzene rings is 1. The van der Waals surface area contributed by atoms with Crippen LogP contribution in [0.25, 0.3) is 0 Å². The topological polar surface area (TPSA) is 90.1 Å². The average Bonchev–Trinajstić information content (AvgIpc) is 2.78. The fourth-order valence-corrected chi connectivity index (χ4v) is 2.28. The molecule has 1 aromatic carbocycles. The van der Waals surface area contributed by atoms with Crippen LogP contribution in [0.5, 0.6) is 0 Å². The van der Waals surface area contributed by atoms with Gasteiger partial charge in [-0.25, -0.2) is 0 Å². The van der Waals surface area contributed by atoms with Crippen molar-refractivity contribution in [3.8, 4) is 0 Å². The van der Waals surface area contributed by atoms with Crippen LogP contribution in [0, 0.1) is 10.1 Å². The van der Waals surface area contributed by atoms with E-state index < -0.39 is 10.8 Å². The second-order valence-electron chi connectivity index (χ2n) is 4.39. The Morgan fingerprint density at radius 3 is 2.86 bits per heavy atom. The van der Waals surface area contributed by atoms with Crippen molar-refractivity contribution in [2.75, 3.05) is 5.32 Å². The molecule has 0 radical (unpaired) electrons. The maximum atomic E-state index is 12.2. The number of amides is 1. The number of carbonyl (C=O) groups excluding carboxylic acids is 1. The first kappa shape index (κ1) is 15.2. The molecule has 0 aliphatic carbocycles. The normalized spacial score (nSPS) is 10.4. The number of anilines is 1. The highest BCUT2D eigenvalue weighted by Crippen LogP contribution is 2.26. The molecule has 0 unspecified atom stereocenters. The van der Waals surface area contributed by atoms with Gasteiger partial charge < -0.3 is 5.32 Å². The van der Waals surface area contributed by atoms with Crippen molar-refractivity contribution in [3.05, 3.63) is 50.2 Å². The summed E-state index contributed by atoms with van der Waals surface area (Å²) >= 11 is 3.09. The monoisotopic (exact) mass is 352 g/mol. The van der Waals surface area contributed by atoms with Crippen LogP contribution in [0.4, 0.5) is 11.4 Å². The Balaban J connectivity index is 2.28. The maximum absolute atomic E-state index is 12.2. The summed E-state index contributed by atoms with van der Waals surface area (Å²) in [5, 5.41) is 17.8. The van der Waals surface area contributed by atoms with Gasteiger partial charge in [-0.05, 0) is 34.5 Å². The van der Waals surface area contributed by atoms with E-state index in [4.69, 9.17) is 0 Å². The number of hydrogen-bond acceptors (Lipinski definition) is 4. The third-order valence-corrected chi connectivity index (χ3v) is 3.56. The fraction of sp³-hybridized carbons (Fsp3) is 0.231. The highest BCUT2D eigenvalue weighted by molar-refractivity contribution is 9.10. The van der Waals surface area contributed by atoms with E-state index in [2.05, 4.69) is 26.3 Å². The van der Waals surface area contributed by atoms with Crippen molar-refractivity contribution >= 4 is 33.2 Å². The Kier molecular flexibility index (Phi) is 4.37. The number of rotatable bonds is 4. The van der Waals surface area contributed by atoms with E-state index in [1.807, 2.05) is 6.92 Å². The molecule has 0 aliphatic heterocycles. The number of aromatic nitrogens is 2. The van der Waals surface area contributed by atoms with Crippen LogP contribution < -0.4 is 5.32 Å². The van der Waals surface area contributed by atoms with E-state index in [1.54, 1.807) is 17.9 Å². The Morgan fingerprint density at radius 2 is 2.24 bits per heavy atom. The van der Waals surface area contributed by atoms with Crippen LogP contribution in [0.2, 0.25) is 0 Å². The molecule has 0 saturated carbocycles. The van der Waals surface area contributed by atoms with E-state index in [-0.39, 0.29) is 11.3 Å². The van der Waals surface area contributed by atoms with Crippen molar-refractivity contribution < 1.29 is 9.72 Å². The van der Waals surface area contributed by atoms with Crippen LogP contribution >= 0.6 is 15.9 Å². The summed E-state index contributed by atoms with van der Waals surface area (Å²) in [6, 6.07) is 4.24. The number of carbonyl (C=O) groups is 1. The summed E-state index contributed by atoms with van der Waals surface area (Å²) in [5.74, 6) is -0.409. The van der Waals surface area contributed by atoms with E-state index in [1.165, 1.54) is 18.2 Å². The smallest absolute Gasteiger partial charge is 0.284 e. The summed E-state index contributed by atoms with van der Waals surface area (Å²) in [6.45, 7) is 1.93. The molecule has 21 heavy (non-hydrogen) atoms. The summed E-state index contributed by atoms with van der Waals surface area (Å²) in [5.41, 5.74) is 1.44. The molecule has 1 aromatic heterocycles. The second-order valence-corrected chi connectivity index (χ2v) is 5.25. The van der Waals surface area contributed by atoms with Gasteiger partial charge >= 0.3 is 0 Å². The Morgan fingerprint density at radius 1 is 1.52 bits per heavy atom. The molecule has 0 aliphatic rings. The summed E-state index contributed by atoms with van der Waals surface area (Å²) in [4.78, 5) is 22.5. The quantitative estimate of drug-likeness (QED) is 0.676. The third-order valence-electron chi connectivity index (χ3n) is 2.89. The molecular weight excluding hydrogens is 340 g/mol. The predicted octanol–water partition coefficient (Wildman–Crippen LogP) is 2.91. The minimum absolute atomic E-state index is 0.149. The largest absolute Gasteiger partial charge is 0.319 e. The number of nitro groups is 1. The van der Waals surface area contributed by atoms with Crippen molar-refractivity contribution in [1.82, 2.24) is 9.78 Å². The van der Waals surface area contributed by atoms with Gasteiger partial charge in [-0.3, -0.25) is 19.6 Å². The molecule has 0 saturated heterocycles. The number of halogens is 1. The highest BCUT2D eigenvalue weighted by Gasteiger charge is 2.17. The lowest BCUT2D eigenvalue weighted by atomic mass is 10.2. The molecule has 0 fully saturated rings. The van der Waals surface area contributed by atoms with Crippen LogP contribution in [-0.2, 0) is 13.5 Å². The standard InChI is InChI=1S/C13H13BrN4O3/c1-3-10-11(7-17(2)16-10)15-13(19)8-4-5-9(14)12(6-8)18(20)21/h4-7H,3H2,1-2H3,(H,15,19). The van der Waals surface area contributed by atoms with Crippen molar-refractivity contribution in [2.24, 2.45) is 7.05 Å². The van der Waals surface area contributed by atoms with Crippen molar-refractivity contribution in [3.63, 3.8) is 0 Å². The lowest BCUT2D eigenvalue weighted by Crippen LogP contribution is -2.13. The van der Waals surface area contributed by atoms with Crippen LogP contribution in [0.1, 0.15) is 23.0 Å². The number of nitrogens with one attached hydrogen (secondary N) is 1. The first-order valence-corrected chi connectivity index (χ1v) is 6.99. The lowest BCUT2D eigenvalue weighted by molar-refractivity contribution is -0.385. The van der Waals surface area contributed by atoms with E-state index in [0.29, 0.717) is 16.6 Å². The first-order chi connectivity index (χ1) is 9.92. The van der Waals surface area contributed by atoms with Gasteiger partial charge in [0.05, 0.1) is 20.8 Å². The van der Waals surface area contributed by atoms with E-state index >= 15 is 0 Å². The molecule has 0 spiro atoms. The highest BCUT2D eigenvalue weighted by atomic mass is 79.9. The average molecular weight is 353 g/mol. The van der Waals surface area contributed by atoms with E-state index in [9.17, 15) is 14.9 Å². The first-order valence-electron chi connectivity index (χ1n) is 6.20. The van der Waals surface area contributed by atoms with Gasteiger partial charge in [-0.2, -0.15) is 5.10 Å². The van der Waals surface area contributed by atoms with Crippen LogP contribution in [0.15, 0.2) is 28.9 Å². The third kappa shape index (κ3) is 3.27. The van der Waals surface area contributed by atoms with E-state index in [0.717, 1.165) is 5.69 Å². The molecule has 8 heteroatoms. The molecule has 1 heterocycles. The molecule has 2 aromatic rings. The van der Waals surface area contributed by atoms with Gasteiger partial charge in [0.15, 0.2) is 0 Å². The molecule has 1 N–H and O–H groups in total.